The van der Waals surface area contributed by atoms with Gasteiger partial charge in [-0.2, -0.15) is 0 Å². The van der Waals surface area contributed by atoms with Gasteiger partial charge >= 0.3 is 0 Å². The molecule has 1 unspecified atom stereocenters. The Balaban J connectivity index is 2.52. The second-order valence-electron chi connectivity index (χ2n) is 5.23. The topological polar surface area (TPSA) is 6.48 Å². The minimum absolute atomic E-state index is 0.278. The molecule has 1 atom stereocenters. The van der Waals surface area contributed by atoms with Gasteiger partial charge in [0.15, 0.2) is 0 Å². The zero-order valence-electron chi connectivity index (χ0n) is 12.2. The van der Waals surface area contributed by atoms with Crippen LogP contribution < -0.4 is 4.90 Å². The summed E-state index contributed by atoms with van der Waals surface area (Å²) in [4.78, 5) is 4.44. The van der Waals surface area contributed by atoms with Crippen LogP contribution in [0.1, 0.15) is 17.2 Å². The van der Waals surface area contributed by atoms with Crippen molar-refractivity contribution in [2.45, 2.75) is 6.04 Å². The number of para-hydroxylation sites is 1. The molecule has 0 fully saturated rings. The lowest BCUT2D eigenvalue weighted by molar-refractivity contribution is 0.342. The van der Waals surface area contributed by atoms with Crippen LogP contribution in [0, 0.1) is 0 Å². The van der Waals surface area contributed by atoms with E-state index in [0.29, 0.717) is 0 Å². The maximum atomic E-state index is 2.26. The molecule has 19 heavy (non-hydrogen) atoms. The summed E-state index contributed by atoms with van der Waals surface area (Å²) in [7, 11) is 8.45. The smallest absolute Gasteiger partial charge is 0.0617 e. The highest BCUT2D eigenvalue weighted by molar-refractivity contribution is 5.56. The lowest BCUT2D eigenvalue weighted by Gasteiger charge is -2.29. The van der Waals surface area contributed by atoms with Gasteiger partial charge in [-0.1, -0.05) is 48.5 Å². The average Bonchev–Trinajstić information content (AvgIpc) is 2.40. The highest BCUT2D eigenvalue weighted by Gasteiger charge is 2.19. The largest absolute Gasteiger partial charge is 0.377 e. The van der Waals surface area contributed by atoms with Crippen molar-refractivity contribution in [1.29, 1.82) is 0 Å². The Labute approximate surface area is 116 Å². The number of anilines is 1. The molecule has 0 saturated carbocycles. The van der Waals surface area contributed by atoms with Crippen molar-refractivity contribution in [2.75, 3.05) is 33.1 Å². The average molecular weight is 254 g/mol. The molecule has 0 N–H and O–H groups in total. The molecule has 2 rings (SSSR count). The van der Waals surface area contributed by atoms with Crippen molar-refractivity contribution in [1.82, 2.24) is 4.90 Å². The van der Waals surface area contributed by atoms with E-state index in [4.69, 9.17) is 0 Å². The van der Waals surface area contributed by atoms with Crippen molar-refractivity contribution in [3.05, 3.63) is 65.7 Å². The highest BCUT2D eigenvalue weighted by atomic mass is 15.1. The van der Waals surface area contributed by atoms with Crippen LogP contribution in [0.3, 0.4) is 0 Å². The number of nitrogens with zero attached hydrogens (tertiary/aromatic N) is 2. The molecule has 0 aliphatic carbocycles. The molecular formula is C17H22N2. The van der Waals surface area contributed by atoms with Gasteiger partial charge in [0.05, 0.1) is 6.04 Å². The quantitative estimate of drug-likeness (QED) is 0.825. The maximum Gasteiger partial charge on any atom is 0.0617 e. The number of rotatable bonds is 4. The minimum Gasteiger partial charge on any atom is -0.377 e. The first-order valence-electron chi connectivity index (χ1n) is 6.59. The molecule has 0 radical (unpaired) electrons. The van der Waals surface area contributed by atoms with Crippen molar-refractivity contribution >= 4 is 5.69 Å². The number of hydrogen-bond acceptors (Lipinski definition) is 2. The second kappa shape index (κ2) is 5.89. The van der Waals surface area contributed by atoms with Crippen molar-refractivity contribution in [2.24, 2.45) is 0 Å². The van der Waals surface area contributed by atoms with Gasteiger partial charge in [-0.25, -0.2) is 0 Å². The number of hydrogen-bond donors (Lipinski definition) is 0. The van der Waals surface area contributed by atoms with Gasteiger partial charge in [0.2, 0.25) is 0 Å². The molecular weight excluding hydrogens is 232 g/mol. The molecule has 2 heteroatoms. The Kier molecular flexibility index (Phi) is 4.23. The molecule has 0 aliphatic rings. The second-order valence-corrected chi connectivity index (χ2v) is 5.23. The zero-order chi connectivity index (χ0) is 13.8. The van der Waals surface area contributed by atoms with E-state index in [9.17, 15) is 0 Å². The molecule has 0 aromatic heterocycles. The highest BCUT2D eigenvalue weighted by Crippen LogP contribution is 2.32. The van der Waals surface area contributed by atoms with Crippen LogP contribution >= 0.6 is 0 Å². The lowest BCUT2D eigenvalue weighted by Crippen LogP contribution is -2.23. The molecule has 0 aliphatic heterocycles. The van der Waals surface area contributed by atoms with Gasteiger partial charge < -0.3 is 4.90 Å². The van der Waals surface area contributed by atoms with Crippen LogP contribution in [0.5, 0.6) is 0 Å². The third kappa shape index (κ3) is 2.96. The van der Waals surface area contributed by atoms with Gasteiger partial charge in [0, 0.05) is 19.8 Å². The Morgan fingerprint density at radius 1 is 0.737 bits per heavy atom. The first-order chi connectivity index (χ1) is 9.11. The predicted octanol–water partition coefficient (Wildman–Crippen LogP) is 3.40. The summed E-state index contributed by atoms with van der Waals surface area (Å²) in [5, 5.41) is 0. The molecule has 0 bridgehead atoms. The van der Waals surface area contributed by atoms with Gasteiger partial charge in [-0.05, 0) is 31.3 Å². The van der Waals surface area contributed by atoms with E-state index in [1.807, 2.05) is 0 Å². The van der Waals surface area contributed by atoms with E-state index < -0.39 is 0 Å². The van der Waals surface area contributed by atoms with E-state index in [1.54, 1.807) is 0 Å². The van der Waals surface area contributed by atoms with E-state index >= 15 is 0 Å². The SMILES string of the molecule is CN(C)c1ccccc1C(c1ccccc1)N(C)C. The lowest BCUT2D eigenvalue weighted by atomic mass is 9.96. The van der Waals surface area contributed by atoms with Crippen molar-refractivity contribution in [3.63, 3.8) is 0 Å². The molecule has 0 heterocycles. The minimum atomic E-state index is 0.278. The van der Waals surface area contributed by atoms with Crippen LogP contribution in [0.15, 0.2) is 54.6 Å². The van der Waals surface area contributed by atoms with Crippen LogP contribution in [0.2, 0.25) is 0 Å². The predicted molar refractivity (Wildman–Crippen MR) is 82.7 cm³/mol. The standard InChI is InChI=1S/C17H22N2/c1-18(2)16-13-9-8-12-15(16)17(19(3)4)14-10-6-5-7-11-14/h5-13,17H,1-4H3. The summed E-state index contributed by atoms with van der Waals surface area (Å²) in [5.41, 5.74) is 3.93. The van der Waals surface area contributed by atoms with E-state index in [2.05, 4.69) is 92.6 Å². The Morgan fingerprint density at radius 2 is 1.32 bits per heavy atom. The van der Waals surface area contributed by atoms with E-state index in [1.165, 1.54) is 16.8 Å². The fraction of sp³-hybridized carbons (Fsp3) is 0.294. The van der Waals surface area contributed by atoms with Crippen LogP contribution in [-0.4, -0.2) is 33.1 Å². The third-order valence-electron chi connectivity index (χ3n) is 3.34. The zero-order valence-corrected chi connectivity index (χ0v) is 12.2. The summed E-state index contributed by atoms with van der Waals surface area (Å²) in [6.45, 7) is 0. The molecule has 2 aromatic rings. The van der Waals surface area contributed by atoms with Gasteiger partial charge in [0.1, 0.15) is 0 Å². The number of benzene rings is 2. The maximum absolute atomic E-state index is 2.26. The molecule has 100 valence electrons. The summed E-state index contributed by atoms with van der Waals surface area (Å²) < 4.78 is 0. The third-order valence-corrected chi connectivity index (χ3v) is 3.34. The normalized spacial score (nSPS) is 12.5. The molecule has 0 spiro atoms. The molecule has 0 saturated heterocycles. The van der Waals surface area contributed by atoms with Gasteiger partial charge in [-0.15, -0.1) is 0 Å². The van der Waals surface area contributed by atoms with E-state index in [0.717, 1.165) is 0 Å². The Morgan fingerprint density at radius 3 is 1.89 bits per heavy atom. The summed E-state index contributed by atoms with van der Waals surface area (Å²) in [6.07, 6.45) is 0. The van der Waals surface area contributed by atoms with Gasteiger partial charge in [0.25, 0.3) is 0 Å². The molecule has 2 aromatic carbocycles. The monoisotopic (exact) mass is 254 g/mol. The Hall–Kier alpha value is -1.80. The van der Waals surface area contributed by atoms with Crippen LogP contribution in [0.4, 0.5) is 5.69 Å². The van der Waals surface area contributed by atoms with Crippen LogP contribution in [0.25, 0.3) is 0 Å². The van der Waals surface area contributed by atoms with Crippen LogP contribution in [-0.2, 0) is 0 Å². The van der Waals surface area contributed by atoms with E-state index in [-0.39, 0.29) is 6.04 Å². The van der Waals surface area contributed by atoms with Crippen molar-refractivity contribution in [3.8, 4) is 0 Å². The summed E-state index contributed by atoms with van der Waals surface area (Å²) in [5.74, 6) is 0. The Bertz CT molecular complexity index is 518. The fourth-order valence-electron chi connectivity index (χ4n) is 2.52. The first kappa shape index (κ1) is 13.6. The van der Waals surface area contributed by atoms with Gasteiger partial charge in [-0.3, -0.25) is 4.90 Å². The molecule has 2 nitrogen and oxygen atoms in total. The summed E-state index contributed by atoms with van der Waals surface area (Å²) >= 11 is 0. The fourth-order valence-corrected chi connectivity index (χ4v) is 2.52. The van der Waals surface area contributed by atoms with Crippen molar-refractivity contribution < 1.29 is 0 Å². The molecule has 0 amide bonds. The summed E-state index contributed by atoms with van der Waals surface area (Å²) in [6, 6.07) is 19.5. The first-order valence-corrected chi connectivity index (χ1v) is 6.59.